The fourth-order valence-corrected chi connectivity index (χ4v) is 4.78. The van der Waals surface area contributed by atoms with Gasteiger partial charge < -0.3 is 20.3 Å². The Bertz CT molecular complexity index is 711. The Morgan fingerprint density at radius 1 is 1.10 bits per heavy atom. The second-order valence-electron chi connectivity index (χ2n) is 8.71. The number of ether oxygens (including phenoxy) is 1. The highest BCUT2D eigenvalue weighted by atomic mass is 16.5. The largest absolute Gasteiger partial charge is 0.490 e. The minimum absolute atomic E-state index is 0.0427. The number of nitrogens with one attached hydrogen (secondary N) is 2. The summed E-state index contributed by atoms with van der Waals surface area (Å²) in [6.45, 7) is 3.05. The molecule has 2 unspecified atom stereocenters. The van der Waals surface area contributed by atoms with E-state index in [1.54, 1.807) is 0 Å². The zero-order chi connectivity index (χ0) is 20.1. The summed E-state index contributed by atoms with van der Waals surface area (Å²) in [6, 6.07) is 7.58. The highest BCUT2D eigenvalue weighted by Gasteiger charge is 2.27. The molecule has 0 spiro atoms. The topological polar surface area (TPSA) is 70.7 Å². The lowest BCUT2D eigenvalue weighted by molar-refractivity contribution is -0.123. The highest BCUT2D eigenvalue weighted by Crippen LogP contribution is 2.25. The number of hydrogen-bond acceptors (Lipinski definition) is 4. The molecule has 2 aliphatic heterocycles. The van der Waals surface area contributed by atoms with Gasteiger partial charge in [-0.3, -0.25) is 9.59 Å². The number of nitrogens with zero attached hydrogens (tertiary/aromatic N) is 1. The van der Waals surface area contributed by atoms with Gasteiger partial charge in [-0.05, 0) is 82.0 Å². The first-order valence-corrected chi connectivity index (χ1v) is 11.3. The SMILES string of the molecule is O=C(NCC1CCCN(C(=O)c2cccc(OC3CCCC3)c2)C1)C1CCCN1. The van der Waals surface area contributed by atoms with Gasteiger partial charge in [0.05, 0.1) is 12.1 Å². The van der Waals surface area contributed by atoms with E-state index in [0.717, 1.165) is 57.4 Å². The van der Waals surface area contributed by atoms with Crippen molar-refractivity contribution in [2.45, 2.75) is 63.5 Å². The molecular formula is C23H33N3O3. The van der Waals surface area contributed by atoms with Crippen LogP contribution in [0.25, 0.3) is 0 Å². The van der Waals surface area contributed by atoms with Gasteiger partial charge in [-0.15, -0.1) is 0 Å². The quantitative estimate of drug-likeness (QED) is 0.772. The van der Waals surface area contributed by atoms with E-state index < -0.39 is 0 Å². The first kappa shape index (κ1) is 20.2. The molecule has 2 saturated heterocycles. The molecule has 3 aliphatic rings. The predicted molar refractivity (Wildman–Crippen MR) is 112 cm³/mol. The van der Waals surface area contributed by atoms with Crippen molar-refractivity contribution in [1.29, 1.82) is 0 Å². The number of carbonyl (C=O) groups is 2. The average Bonchev–Trinajstić information content (AvgIpc) is 3.46. The van der Waals surface area contributed by atoms with E-state index in [9.17, 15) is 9.59 Å². The van der Waals surface area contributed by atoms with Gasteiger partial charge in [0.25, 0.3) is 5.91 Å². The molecule has 1 aromatic rings. The van der Waals surface area contributed by atoms with Crippen LogP contribution in [0.15, 0.2) is 24.3 Å². The van der Waals surface area contributed by atoms with Crippen LogP contribution in [0.2, 0.25) is 0 Å². The van der Waals surface area contributed by atoms with Gasteiger partial charge in [0, 0.05) is 25.2 Å². The lowest BCUT2D eigenvalue weighted by atomic mass is 9.97. The minimum Gasteiger partial charge on any atom is -0.490 e. The summed E-state index contributed by atoms with van der Waals surface area (Å²) >= 11 is 0. The van der Waals surface area contributed by atoms with E-state index in [4.69, 9.17) is 4.74 Å². The van der Waals surface area contributed by atoms with Crippen molar-refractivity contribution < 1.29 is 14.3 Å². The summed E-state index contributed by atoms with van der Waals surface area (Å²) in [5.74, 6) is 1.28. The van der Waals surface area contributed by atoms with Crippen molar-refractivity contribution in [3.05, 3.63) is 29.8 Å². The molecule has 0 radical (unpaired) electrons. The van der Waals surface area contributed by atoms with Crippen molar-refractivity contribution in [3.63, 3.8) is 0 Å². The van der Waals surface area contributed by atoms with Gasteiger partial charge in [0.1, 0.15) is 5.75 Å². The number of amides is 2. The Labute approximate surface area is 173 Å². The summed E-state index contributed by atoms with van der Waals surface area (Å²) in [5, 5.41) is 6.32. The molecule has 1 saturated carbocycles. The number of carbonyl (C=O) groups excluding carboxylic acids is 2. The Morgan fingerprint density at radius 3 is 2.76 bits per heavy atom. The van der Waals surface area contributed by atoms with Crippen LogP contribution >= 0.6 is 0 Å². The second kappa shape index (κ2) is 9.61. The van der Waals surface area contributed by atoms with Crippen molar-refractivity contribution in [2.75, 3.05) is 26.2 Å². The van der Waals surface area contributed by atoms with Crippen molar-refractivity contribution in [1.82, 2.24) is 15.5 Å². The van der Waals surface area contributed by atoms with E-state index >= 15 is 0 Å². The van der Waals surface area contributed by atoms with Gasteiger partial charge in [-0.2, -0.15) is 0 Å². The van der Waals surface area contributed by atoms with Crippen LogP contribution in [0.1, 0.15) is 61.7 Å². The third kappa shape index (κ3) is 5.30. The summed E-state index contributed by atoms with van der Waals surface area (Å²) < 4.78 is 6.06. The Hall–Kier alpha value is -2.08. The van der Waals surface area contributed by atoms with Crippen LogP contribution < -0.4 is 15.4 Å². The smallest absolute Gasteiger partial charge is 0.253 e. The normalized spacial score (nSPS) is 25.2. The van der Waals surface area contributed by atoms with E-state index in [1.165, 1.54) is 12.8 Å². The molecule has 1 aromatic carbocycles. The Kier molecular flexibility index (Phi) is 6.70. The van der Waals surface area contributed by atoms with Gasteiger partial charge in [0.15, 0.2) is 0 Å². The third-order valence-corrected chi connectivity index (χ3v) is 6.43. The minimum atomic E-state index is -0.0427. The lowest BCUT2D eigenvalue weighted by Crippen LogP contribution is -2.46. The monoisotopic (exact) mass is 399 g/mol. The van der Waals surface area contributed by atoms with E-state index in [2.05, 4.69) is 10.6 Å². The molecular weight excluding hydrogens is 366 g/mol. The maximum atomic E-state index is 13.1. The van der Waals surface area contributed by atoms with E-state index in [0.29, 0.717) is 24.6 Å². The molecule has 158 valence electrons. The molecule has 0 bridgehead atoms. The summed E-state index contributed by atoms with van der Waals surface area (Å²) in [6.07, 6.45) is 8.96. The number of hydrogen-bond donors (Lipinski definition) is 2. The van der Waals surface area contributed by atoms with Crippen LogP contribution in [-0.4, -0.2) is 55.0 Å². The van der Waals surface area contributed by atoms with Gasteiger partial charge in [-0.25, -0.2) is 0 Å². The van der Waals surface area contributed by atoms with E-state index in [-0.39, 0.29) is 24.0 Å². The van der Waals surface area contributed by atoms with Crippen molar-refractivity contribution >= 4 is 11.8 Å². The summed E-state index contributed by atoms with van der Waals surface area (Å²) in [5.41, 5.74) is 0.695. The molecule has 6 heteroatoms. The maximum absolute atomic E-state index is 13.1. The van der Waals surface area contributed by atoms with Crippen LogP contribution in [0, 0.1) is 5.92 Å². The molecule has 2 heterocycles. The highest BCUT2D eigenvalue weighted by molar-refractivity contribution is 5.94. The molecule has 3 fully saturated rings. The van der Waals surface area contributed by atoms with E-state index in [1.807, 2.05) is 29.2 Å². The number of benzene rings is 1. The first-order valence-electron chi connectivity index (χ1n) is 11.3. The molecule has 2 N–H and O–H groups in total. The standard InChI is InChI=1S/C23H33N3O3/c27-22(21-11-4-12-24-21)25-15-17-6-5-13-26(16-17)23(28)18-7-3-10-20(14-18)29-19-8-1-2-9-19/h3,7,10,14,17,19,21,24H,1-2,4-6,8-9,11-13,15-16H2,(H,25,27). The Balaban J connectivity index is 1.30. The Morgan fingerprint density at radius 2 is 1.97 bits per heavy atom. The molecule has 0 aromatic heterocycles. The zero-order valence-electron chi connectivity index (χ0n) is 17.2. The van der Waals surface area contributed by atoms with Crippen molar-refractivity contribution in [2.24, 2.45) is 5.92 Å². The number of likely N-dealkylation sites (tertiary alicyclic amines) is 1. The fraction of sp³-hybridized carbons (Fsp3) is 0.652. The van der Waals surface area contributed by atoms with Crippen LogP contribution in [0.5, 0.6) is 5.75 Å². The molecule has 6 nitrogen and oxygen atoms in total. The van der Waals surface area contributed by atoms with Gasteiger partial charge in [-0.1, -0.05) is 6.07 Å². The lowest BCUT2D eigenvalue weighted by Gasteiger charge is -2.33. The third-order valence-electron chi connectivity index (χ3n) is 6.43. The molecule has 2 atom stereocenters. The fourth-order valence-electron chi connectivity index (χ4n) is 4.78. The number of piperidine rings is 1. The van der Waals surface area contributed by atoms with Crippen LogP contribution in [0.4, 0.5) is 0 Å². The first-order chi connectivity index (χ1) is 14.2. The van der Waals surface area contributed by atoms with Crippen molar-refractivity contribution in [3.8, 4) is 5.75 Å². The van der Waals surface area contributed by atoms with Gasteiger partial charge >= 0.3 is 0 Å². The van der Waals surface area contributed by atoms with Gasteiger partial charge in [0.2, 0.25) is 5.91 Å². The molecule has 2 amide bonds. The molecule has 1 aliphatic carbocycles. The zero-order valence-corrected chi connectivity index (χ0v) is 17.2. The number of rotatable bonds is 6. The predicted octanol–water partition coefficient (Wildman–Crippen LogP) is 2.73. The molecule has 29 heavy (non-hydrogen) atoms. The van der Waals surface area contributed by atoms with Crippen LogP contribution in [0.3, 0.4) is 0 Å². The second-order valence-corrected chi connectivity index (χ2v) is 8.71. The summed E-state index contributed by atoms with van der Waals surface area (Å²) in [7, 11) is 0. The molecule has 4 rings (SSSR count). The maximum Gasteiger partial charge on any atom is 0.253 e. The summed E-state index contributed by atoms with van der Waals surface area (Å²) in [4.78, 5) is 27.2. The van der Waals surface area contributed by atoms with Crippen LogP contribution in [-0.2, 0) is 4.79 Å². The average molecular weight is 400 g/mol.